The number of rotatable bonds is 9. The number of primary amides is 1. The van der Waals surface area contributed by atoms with Crippen molar-refractivity contribution in [2.24, 2.45) is 5.73 Å². The van der Waals surface area contributed by atoms with E-state index in [1.807, 2.05) is 13.8 Å². The number of aromatic nitrogens is 2. The maximum Gasteiger partial charge on any atom is 0.284 e. The van der Waals surface area contributed by atoms with Gasteiger partial charge in [-0.1, -0.05) is 0 Å². The van der Waals surface area contributed by atoms with Gasteiger partial charge in [0, 0.05) is 32.1 Å². The number of carbonyl (C=O) groups is 1. The molecule has 6 nitrogen and oxygen atoms in total. The van der Waals surface area contributed by atoms with E-state index in [2.05, 4.69) is 10.3 Å². The fourth-order valence-electron chi connectivity index (χ4n) is 1.56. The number of nitrogens with one attached hydrogen (secondary N) is 1. The Labute approximate surface area is 108 Å². The highest BCUT2D eigenvalue weighted by Gasteiger charge is 2.07. The van der Waals surface area contributed by atoms with Crippen molar-refractivity contribution in [3.05, 3.63) is 18.2 Å². The molecule has 0 spiro atoms. The van der Waals surface area contributed by atoms with Gasteiger partial charge >= 0.3 is 0 Å². The molecule has 1 amide bonds. The number of ether oxygens (including phenoxy) is 1. The van der Waals surface area contributed by atoms with Crippen molar-refractivity contribution in [1.29, 1.82) is 0 Å². The summed E-state index contributed by atoms with van der Waals surface area (Å²) in [7, 11) is 0. The van der Waals surface area contributed by atoms with Gasteiger partial charge < -0.3 is 20.4 Å². The average molecular weight is 254 g/mol. The molecular formula is C12H22N4O2. The summed E-state index contributed by atoms with van der Waals surface area (Å²) in [4.78, 5) is 14.9. The van der Waals surface area contributed by atoms with Gasteiger partial charge in [0.25, 0.3) is 5.91 Å². The first-order valence-corrected chi connectivity index (χ1v) is 6.24. The quantitative estimate of drug-likeness (QED) is 0.624. The Morgan fingerprint density at radius 2 is 2.33 bits per heavy atom. The molecule has 0 aromatic carbocycles. The van der Waals surface area contributed by atoms with Crippen LogP contribution in [0.2, 0.25) is 0 Å². The summed E-state index contributed by atoms with van der Waals surface area (Å²) in [6.45, 7) is 7.17. The zero-order valence-corrected chi connectivity index (χ0v) is 11.1. The molecule has 102 valence electrons. The summed E-state index contributed by atoms with van der Waals surface area (Å²) < 4.78 is 7.18. The number of nitrogens with zero attached hydrogens (tertiary/aromatic N) is 2. The Bertz CT molecular complexity index is 363. The second-order valence-electron chi connectivity index (χ2n) is 4.33. The van der Waals surface area contributed by atoms with Gasteiger partial charge in [0.2, 0.25) is 0 Å². The monoisotopic (exact) mass is 254 g/mol. The number of hydrogen-bond donors (Lipinski definition) is 2. The van der Waals surface area contributed by atoms with E-state index < -0.39 is 5.91 Å². The first-order chi connectivity index (χ1) is 8.61. The molecule has 1 aromatic heterocycles. The van der Waals surface area contributed by atoms with Crippen molar-refractivity contribution >= 4 is 5.91 Å². The Morgan fingerprint density at radius 3 is 3.00 bits per heavy atom. The molecular weight excluding hydrogens is 232 g/mol. The molecule has 3 N–H and O–H groups in total. The van der Waals surface area contributed by atoms with Crippen LogP contribution in [0, 0.1) is 0 Å². The molecule has 6 heteroatoms. The first-order valence-electron chi connectivity index (χ1n) is 6.24. The van der Waals surface area contributed by atoms with Crippen LogP contribution in [-0.4, -0.2) is 41.3 Å². The minimum absolute atomic E-state index is 0.286. The highest BCUT2D eigenvalue weighted by Crippen LogP contribution is 1.95. The zero-order chi connectivity index (χ0) is 13.4. The van der Waals surface area contributed by atoms with Crippen LogP contribution in [0.1, 0.15) is 30.9 Å². The van der Waals surface area contributed by atoms with Crippen LogP contribution in [-0.2, 0) is 11.3 Å². The van der Waals surface area contributed by atoms with Gasteiger partial charge in [-0.25, -0.2) is 4.98 Å². The molecule has 0 unspecified atom stereocenters. The van der Waals surface area contributed by atoms with Crippen LogP contribution >= 0.6 is 0 Å². The van der Waals surface area contributed by atoms with Gasteiger partial charge in [-0.3, -0.25) is 4.79 Å². The summed E-state index contributed by atoms with van der Waals surface area (Å²) in [5.41, 5.74) is 5.20. The SMILES string of the molecule is CC(C)OCCCNCCn1ccnc1C(N)=O. The van der Waals surface area contributed by atoms with E-state index in [-0.39, 0.29) is 6.10 Å². The molecule has 1 heterocycles. The van der Waals surface area contributed by atoms with E-state index in [4.69, 9.17) is 10.5 Å². The molecule has 18 heavy (non-hydrogen) atoms. The fourth-order valence-corrected chi connectivity index (χ4v) is 1.56. The van der Waals surface area contributed by atoms with Crippen LogP contribution in [0.5, 0.6) is 0 Å². The van der Waals surface area contributed by atoms with Crippen molar-refractivity contribution in [2.75, 3.05) is 19.7 Å². The Balaban J connectivity index is 2.11. The zero-order valence-electron chi connectivity index (χ0n) is 11.1. The predicted molar refractivity (Wildman–Crippen MR) is 69.3 cm³/mol. The van der Waals surface area contributed by atoms with Crippen molar-refractivity contribution in [3.63, 3.8) is 0 Å². The van der Waals surface area contributed by atoms with Crippen LogP contribution < -0.4 is 11.1 Å². The number of nitrogens with two attached hydrogens (primary N) is 1. The number of amides is 1. The van der Waals surface area contributed by atoms with Gasteiger partial charge in [-0.15, -0.1) is 0 Å². The molecule has 0 saturated heterocycles. The van der Waals surface area contributed by atoms with Crippen LogP contribution in [0.4, 0.5) is 0 Å². The van der Waals surface area contributed by atoms with Gasteiger partial charge in [0.1, 0.15) is 0 Å². The normalized spacial score (nSPS) is 11.1. The van der Waals surface area contributed by atoms with Gasteiger partial charge in [-0.05, 0) is 26.8 Å². The van der Waals surface area contributed by atoms with Gasteiger partial charge in [-0.2, -0.15) is 0 Å². The average Bonchev–Trinajstić information content (AvgIpc) is 2.75. The molecule has 0 bridgehead atoms. The number of imidazole rings is 1. The van der Waals surface area contributed by atoms with E-state index in [9.17, 15) is 4.79 Å². The lowest BCUT2D eigenvalue weighted by atomic mass is 10.4. The highest BCUT2D eigenvalue weighted by atomic mass is 16.5. The summed E-state index contributed by atoms with van der Waals surface area (Å²) in [5.74, 6) is -0.190. The van der Waals surface area contributed by atoms with Gasteiger partial charge in [0.15, 0.2) is 5.82 Å². The van der Waals surface area contributed by atoms with Crippen molar-refractivity contribution in [2.45, 2.75) is 32.9 Å². The second kappa shape index (κ2) is 7.84. The number of hydrogen-bond acceptors (Lipinski definition) is 4. The third-order valence-corrected chi connectivity index (χ3v) is 2.41. The lowest BCUT2D eigenvalue weighted by Crippen LogP contribution is -2.25. The van der Waals surface area contributed by atoms with Crippen LogP contribution in [0.25, 0.3) is 0 Å². The molecule has 0 atom stereocenters. The molecule has 1 rings (SSSR count). The van der Waals surface area contributed by atoms with E-state index >= 15 is 0 Å². The molecule has 0 saturated carbocycles. The second-order valence-corrected chi connectivity index (χ2v) is 4.33. The van der Waals surface area contributed by atoms with Crippen molar-refractivity contribution in [3.8, 4) is 0 Å². The lowest BCUT2D eigenvalue weighted by Gasteiger charge is -2.09. The summed E-state index contributed by atoms with van der Waals surface area (Å²) in [5, 5.41) is 3.28. The van der Waals surface area contributed by atoms with Crippen LogP contribution in [0.15, 0.2) is 12.4 Å². The third kappa shape index (κ3) is 5.29. The molecule has 0 aliphatic rings. The van der Waals surface area contributed by atoms with E-state index in [1.165, 1.54) is 0 Å². The predicted octanol–water partition coefficient (Wildman–Crippen LogP) is 0.387. The largest absolute Gasteiger partial charge is 0.379 e. The maximum atomic E-state index is 11.0. The standard InChI is InChI=1S/C12H22N4O2/c1-10(2)18-9-3-4-14-5-7-16-8-6-15-12(16)11(13)17/h6,8,10,14H,3-5,7,9H2,1-2H3,(H2,13,17). The Morgan fingerprint density at radius 1 is 1.56 bits per heavy atom. The van der Waals surface area contributed by atoms with Crippen molar-refractivity contribution in [1.82, 2.24) is 14.9 Å². The Kier molecular flexibility index (Phi) is 6.38. The number of carbonyl (C=O) groups excluding carboxylic acids is 1. The molecule has 0 aliphatic heterocycles. The van der Waals surface area contributed by atoms with E-state index in [0.717, 1.165) is 26.1 Å². The van der Waals surface area contributed by atoms with Crippen LogP contribution in [0.3, 0.4) is 0 Å². The smallest absolute Gasteiger partial charge is 0.284 e. The van der Waals surface area contributed by atoms with Crippen molar-refractivity contribution < 1.29 is 9.53 Å². The molecule has 1 aromatic rings. The van der Waals surface area contributed by atoms with E-state index in [1.54, 1.807) is 17.0 Å². The summed E-state index contributed by atoms with van der Waals surface area (Å²) in [6, 6.07) is 0. The van der Waals surface area contributed by atoms with E-state index in [0.29, 0.717) is 12.4 Å². The first kappa shape index (κ1) is 14.7. The summed E-state index contributed by atoms with van der Waals surface area (Å²) in [6.07, 6.45) is 4.60. The lowest BCUT2D eigenvalue weighted by molar-refractivity contribution is 0.0771. The molecule has 0 fully saturated rings. The third-order valence-electron chi connectivity index (χ3n) is 2.41. The summed E-state index contributed by atoms with van der Waals surface area (Å²) >= 11 is 0. The topological polar surface area (TPSA) is 82.2 Å². The fraction of sp³-hybridized carbons (Fsp3) is 0.667. The molecule has 0 radical (unpaired) electrons. The maximum absolute atomic E-state index is 11.0. The Hall–Kier alpha value is -1.40. The molecule has 0 aliphatic carbocycles. The minimum atomic E-state index is -0.495. The van der Waals surface area contributed by atoms with Gasteiger partial charge in [0.05, 0.1) is 6.10 Å². The highest BCUT2D eigenvalue weighted by molar-refractivity contribution is 5.89. The minimum Gasteiger partial charge on any atom is -0.379 e.